The number of carbonyl (C=O) groups excluding carboxylic acids is 1. The van der Waals surface area contributed by atoms with Crippen molar-refractivity contribution in [3.05, 3.63) is 58.3 Å². The molecule has 104 valence electrons. The van der Waals surface area contributed by atoms with Crippen LogP contribution in [0.3, 0.4) is 0 Å². The molecule has 0 aliphatic carbocycles. The van der Waals surface area contributed by atoms with Crippen molar-refractivity contribution < 1.29 is 9.53 Å². The highest BCUT2D eigenvalue weighted by Crippen LogP contribution is 2.05. The molecule has 0 saturated heterocycles. The van der Waals surface area contributed by atoms with Crippen LogP contribution in [0, 0.1) is 6.92 Å². The minimum Gasteiger partial charge on any atom is -0.458 e. The lowest BCUT2D eigenvalue weighted by molar-refractivity contribution is -0.145. The highest BCUT2D eigenvalue weighted by molar-refractivity contribution is 5.69. The number of carbonyl (C=O) groups is 1. The highest BCUT2D eigenvalue weighted by atomic mass is 16.5. The second-order valence-electron chi connectivity index (χ2n) is 4.36. The quantitative estimate of drug-likeness (QED) is 0.835. The maximum absolute atomic E-state index is 11.7. The molecule has 0 unspecified atom stereocenters. The van der Waals surface area contributed by atoms with Crippen LogP contribution in [0.15, 0.2) is 41.5 Å². The largest absolute Gasteiger partial charge is 0.458 e. The van der Waals surface area contributed by atoms with E-state index in [0.29, 0.717) is 11.4 Å². The minimum atomic E-state index is -0.511. The van der Waals surface area contributed by atoms with Crippen LogP contribution in [0.1, 0.15) is 11.3 Å². The molecule has 20 heavy (non-hydrogen) atoms. The number of nitrogen functional groups attached to an aromatic ring is 1. The monoisotopic (exact) mass is 273 g/mol. The first-order valence-electron chi connectivity index (χ1n) is 6.08. The Bertz CT molecular complexity index is 679. The van der Waals surface area contributed by atoms with E-state index in [1.54, 1.807) is 6.20 Å². The number of aryl methyl sites for hydroxylation is 1. The van der Waals surface area contributed by atoms with Gasteiger partial charge in [0.05, 0.1) is 5.69 Å². The molecule has 0 aromatic carbocycles. The van der Waals surface area contributed by atoms with Crippen molar-refractivity contribution in [2.75, 3.05) is 5.73 Å². The van der Waals surface area contributed by atoms with Crippen LogP contribution in [0.2, 0.25) is 0 Å². The van der Waals surface area contributed by atoms with Gasteiger partial charge in [0.1, 0.15) is 13.2 Å². The van der Waals surface area contributed by atoms with Crippen molar-refractivity contribution in [1.82, 2.24) is 9.55 Å². The Labute approximate surface area is 115 Å². The summed E-state index contributed by atoms with van der Waals surface area (Å²) in [5.74, 6) is -0.511. The standard InChI is InChI=1S/C14H15N3O3/c1-10-3-2-6-16-12(10)9-20-14(19)8-17-7-11(15)4-5-13(17)18/h2-7H,8-9,15H2,1H3. The molecule has 0 aliphatic heterocycles. The van der Waals surface area contributed by atoms with Crippen LogP contribution < -0.4 is 11.3 Å². The Hall–Kier alpha value is -2.63. The smallest absolute Gasteiger partial charge is 0.326 e. The van der Waals surface area contributed by atoms with E-state index in [-0.39, 0.29) is 18.7 Å². The van der Waals surface area contributed by atoms with Gasteiger partial charge in [-0.15, -0.1) is 0 Å². The van der Waals surface area contributed by atoms with Gasteiger partial charge < -0.3 is 15.0 Å². The number of esters is 1. The lowest BCUT2D eigenvalue weighted by Crippen LogP contribution is -2.24. The van der Waals surface area contributed by atoms with Crippen LogP contribution in [-0.4, -0.2) is 15.5 Å². The van der Waals surface area contributed by atoms with Crippen molar-refractivity contribution in [2.24, 2.45) is 0 Å². The van der Waals surface area contributed by atoms with E-state index in [0.717, 1.165) is 5.56 Å². The summed E-state index contributed by atoms with van der Waals surface area (Å²) in [5.41, 5.74) is 7.32. The van der Waals surface area contributed by atoms with Gasteiger partial charge in [-0.1, -0.05) is 6.07 Å². The van der Waals surface area contributed by atoms with E-state index in [4.69, 9.17) is 10.5 Å². The number of rotatable bonds is 4. The first-order chi connectivity index (χ1) is 9.56. The van der Waals surface area contributed by atoms with E-state index in [1.165, 1.54) is 22.9 Å². The van der Waals surface area contributed by atoms with Gasteiger partial charge in [-0.3, -0.25) is 14.6 Å². The number of anilines is 1. The van der Waals surface area contributed by atoms with Crippen molar-refractivity contribution in [2.45, 2.75) is 20.1 Å². The Kier molecular flexibility index (Phi) is 4.14. The van der Waals surface area contributed by atoms with E-state index >= 15 is 0 Å². The van der Waals surface area contributed by atoms with Crippen molar-refractivity contribution >= 4 is 11.7 Å². The van der Waals surface area contributed by atoms with E-state index in [1.807, 2.05) is 19.1 Å². The summed E-state index contributed by atoms with van der Waals surface area (Å²) < 4.78 is 6.32. The molecule has 0 spiro atoms. The van der Waals surface area contributed by atoms with E-state index < -0.39 is 5.97 Å². The van der Waals surface area contributed by atoms with E-state index in [9.17, 15) is 9.59 Å². The number of nitrogens with zero attached hydrogens (tertiary/aromatic N) is 2. The summed E-state index contributed by atoms with van der Waals surface area (Å²) in [6.07, 6.45) is 3.05. The zero-order chi connectivity index (χ0) is 14.5. The number of hydrogen-bond acceptors (Lipinski definition) is 5. The Morgan fingerprint density at radius 2 is 2.20 bits per heavy atom. The average Bonchev–Trinajstić information content (AvgIpc) is 2.42. The van der Waals surface area contributed by atoms with E-state index in [2.05, 4.69) is 4.98 Å². The lowest BCUT2D eigenvalue weighted by Gasteiger charge is -2.08. The van der Waals surface area contributed by atoms with Crippen LogP contribution in [0.5, 0.6) is 0 Å². The molecule has 0 atom stereocenters. The maximum Gasteiger partial charge on any atom is 0.326 e. The molecule has 0 aliphatic rings. The first kappa shape index (κ1) is 13.8. The van der Waals surface area contributed by atoms with Gasteiger partial charge in [0, 0.05) is 24.1 Å². The molecule has 2 aromatic rings. The van der Waals surface area contributed by atoms with Crippen molar-refractivity contribution in [1.29, 1.82) is 0 Å². The molecular weight excluding hydrogens is 258 g/mol. The number of nitrogens with two attached hydrogens (primary N) is 1. The topological polar surface area (TPSA) is 87.2 Å². The van der Waals surface area contributed by atoms with Gasteiger partial charge in [0.25, 0.3) is 5.56 Å². The summed E-state index contributed by atoms with van der Waals surface area (Å²) in [7, 11) is 0. The average molecular weight is 273 g/mol. The van der Waals surface area contributed by atoms with Crippen LogP contribution in [0.25, 0.3) is 0 Å². The SMILES string of the molecule is Cc1cccnc1COC(=O)Cn1cc(N)ccc1=O. The summed E-state index contributed by atoms with van der Waals surface area (Å²) >= 11 is 0. The first-order valence-corrected chi connectivity index (χ1v) is 6.08. The molecule has 0 fully saturated rings. The number of ether oxygens (including phenoxy) is 1. The van der Waals surface area contributed by atoms with Crippen molar-refractivity contribution in [3.63, 3.8) is 0 Å². The Morgan fingerprint density at radius 1 is 1.40 bits per heavy atom. The van der Waals surface area contributed by atoms with Crippen LogP contribution in [0.4, 0.5) is 5.69 Å². The zero-order valence-corrected chi connectivity index (χ0v) is 11.1. The summed E-state index contributed by atoms with van der Waals surface area (Å²) in [4.78, 5) is 27.4. The molecule has 0 radical (unpaired) electrons. The number of aromatic nitrogens is 2. The third kappa shape index (κ3) is 3.44. The van der Waals surface area contributed by atoms with Gasteiger partial charge in [-0.05, 0) is 24.6 Å². The second-order valence-corrected chi connectivity index (χ2v) is 4.36. The fourth-order valence-electron chi connectivity index (χ4n) is 1.68. The molecule has 2 heterocycles. The fraction of sp³-hybridized carbons (Fsp3) is 0.214. The molecule has 2 rings (SSSR count). The molecule has 2 N–H and O–H groups in total. The second kappa shape index (κ2) is 6.01. The summed E-state index contributed by atoms with van der Waals surface area (Å²) in [6.45, 7) is 1.80. The molecule has 0 saturated carbocycles. The minimum absolute atomic E-state index is 0.0859. The third-order valence-electron chi connectivity index (χ3n) is 2.79. The fourth-order valence-corrected chi connectivity index (χ4v) is 1.68. The predicted octanol–water partition coefficient (Wildman–Crippen LogP) is 0.877. The Morgan fingerprint density at radius 3 is 2.95 bits per heavy atom. The van der Waals surface area contributed by atoms with Gasteiger partial charge in [-0.2, -0.15) is 0 Å². The number of hydrogen-bond donors (Lipinski definition) is 1. The molecule has 6 nitrogen and oxygen atoms in total. The maximum atomic E-state index is 11.7. The van der Waals surface area contributed by atoms with Gasteiger partial charge in [0.2, 0.25) is 0 Å². The molecule has 0 amide bonds. The molecule has 2 aromatic heterocycles. The zero-order valence-electron chi connectivity index (χ0n) is 11.1. The third-order valence-corrected chi connectivity index (χ3v) is 2.79. The van der Waals surface area contributed by atoms with Gasteiger partial charge in [-0.25, -0.2) is 0 Å². The molecule has 0 bridgehead atoms. The molecule has 6 heteroatoms. The molecular formula is C14H15N3O3. The van der Waals surface area contributed by atoms with Crippen LogP contribution in [-0.2, 0) is 22.7 Å². The Balaban J connectivity index is 1.98. The number of pyridine rings is 2. The normalized spacial score (nSPS) is 10.2. The van der Waals surface area contributed by atoms with Gasteiger partial charge in [0.15, 0.2) is 0 Å². The van der Waals surface area contributed by atoms with Gasteiger partial charge >= 0.3 is 5.97 Å². The lowest BCUT2D eigenvalue weighted by atomic mass is 10.2. The predicted molar refractivity (Wildman–Crippen MR) is 73.9 cm³/mol. The van der Waals surface area contributed by atoms with Crippen LogP contribution >= 0.6 is 0 Å². The highest BCUT2D eigenvalue weighted by Gasteiger charge is 2.08. The van der Waals surface area contributed by atoms with Crippen molar-refractivity contribution in [3.8, 4) is 0 Å². The summed E-state index contributed by atoms with van der Waals surface area (Å²) in [5, 5.41) is 0. The summed E-state index contributed by atoms with van der Waals surface area (Å²) in [6, 6.07) is 6.50.